The van der Waals surface area contributed by atoms with E-state index in [1.165, 1.54) is 28.8 Å². The van der Waals surface area contributed by atoms with Crippen LogP contribution in [0.5, 0.6) is 0 Å². The van der Waals surface area contributed by atoms with Crippen molar-refractivity contribution in [2.75, 3.05) is 13.2 Å². The van der Waals surface area contributed by atoms with Gasteiger partial charge in [0.25, 0.3) is 11.6 Å². The fraction of sp³-hybridized carbons (Fsp3) is 0.200. The van der Waals surface area contributed by atoms with Crippen LogP contribution in [0.1, 0.15) is 16.6 Å². The zero-order valence-electron chi connectivity index (χ0n) is 16.1. The molecule has 0 spiro atoms. The van der Waals surface area contributed by atoms with E-state index < -0.39 is 22.5 Å². The number of hydrogen-bond donors (Lipinski definition) is 0. The van der Waals surface area contributed by atoms with Gasteiger partial charge in [-0.2, -0.15) is 4.99 Å². The molecular weight excluding hydrogens is 448 g/mol. The van der Waals surface area contributed by atoms with E-state index in [1.807, 2.05) is 6.92 Å². The molecule has 0 aliphatic heterocycles. The fourth-order valence-corrected chi connectivity index (χ4v) is 5.14. The standard InChI is InChI=1S/C20H15F2N3O4S2/c1-2-29-6-5-24-18-14(22)9-12(21)10-16(18)31-20(24)23-19(26)17-8-11-7-13(25(27)28)3-4-15(11)30-17/h3-4,7-10H,2,5-6H2,1H3. The van der Waals surface area contributed by atoms with Gasteiger partial charge in [0.1, 0.15) is 5.82 Å². The number of rotatable bonds is 6. The first-order chi connectivity index (χ1) is 14.9. The molecule has 2 aromatic carbocycles. The molecule has 0 fully saturated rings. The van der Waals surface area contributed by atoms with E-state index >= 15 is 0 Å². The van der Waals surface area contributed by atoms with Crippen molar-refractivity contribution in [1.29, 1.82) is 0 Å². The lowest BCUT2D eigenvalue weighted by atomic mass is 10.2. The van der Waals surface area contributed by atoms with E-state index in [4.69, 9.17) is 4.74 Å². The minimum absolute atomic E-state index is 0.0722. The van der Waals surface area contributed by atoms with Gasteiger partial charge in [-0.1, -0.05) is 11.3 Å². The van der Waals surface area contributed by atoms with E-state index in [1.54, 1.807) is 6.07 Å². The number of non-ortho nitro benzene ring substituents is 1. The number of ether oxygens (including phenoxy) is 1. The second-order valence-electron chi connectivity index (χ2n) is 6.47. The van der Waals surface area contributed by atoms with Crippen LogP contribution in [-0.2, 0) is 11.3 Å². The lowest BCUT2D eigenvalue weighted by molar-refractivity contribution is -0.384. The van der Waals surface area contributed by atoms with Gasteiger partial charge in [-0.15, -0.1) is 11.3 Å². The second kappa shape index (κ2) is 8.61. The van der Waals surface area contributed by atoms with E-state index in [0.717, 1.165) is 28.7 Å². The van der Waals surface area contributed by atoms with Crippen LogP contribution >= 0.6 is 22.7 Å². The summed E-state index contributed by atoms with van der Waals surface area (Å²) >= 11 is 2.16. The molecule has 1 amide bonds. The van der Waals surface area contributed by atoms with Crippen molar-refractivity contribution < 1.29 is 23.2 Å². The molecule has 0 N–H and O–H groups in total. The molecule has 4 rings (SSSR count). The van der Waals surface area contributed by atoms with Crippen molar-refractivity contribution in [2.45, 2.75) is 13.5 Å². The van der Waals surface area contributed by atoms with Gasteiger partial charge in [-0.25, -0.2) is 8.78 Å². The molecular formula is C20H15F2N3O4S2. The molecule has 160 valence electrons. The monoisotopic (exact) mass is 463 g/mol. The van der Waals surface area contributed by atoms with Crippen molar-refractivity contribution in [3.8, 4) is 0 Å². The van der Waals surface area contributed by atoms with E-state index in [9.17, 15) is 23.7 Å². The Kier molecular flexibility index (Phi) is 5.90. The van der Waals surface area contributed by atoms with Crippen molar-refractivity contribution >= 4 is 54.6 Å². The number of benzene rings is 2. The van der Waals surface area contributed by atoms with Crippen LogP contribution in [0, 0.1) is 21.7 Å². The molecule has 0 aliphatic rings. The molecule has 7 nitrogen and oxygen atoms in total. The van der Waals surface area contributed by atoms with E-state index in [2.05, 4.69) is 4.99 Å². The summed E-state index contributed by atoms with van der Waals surface area (Å²) in [6.07, 6.45) is 0. The van der Waals surface area contributed by atoms with Crippen LogP contribution in [-0.4, -0.2) is 28.6 Å². The van der Waals surface area contributed by atoms with Crippen LogP contribution in [0.3, 0.4) is 0 Å². The Balaban J connectivity index is 1.79. The van der Waals surface area contributed by atoms with Gasteiger partial charge in [-0.3, -0.25) is 14.9 Å². The predicted octanol–water partition coefficient (Wildman–Crippen LogP) is 4.88. The highest BCUT2D eigenvalue weighted by molar-refractivity contribution is 7.21. The fourth-order valence-electron chi connectivity index (χ4n) is 3.11. The molecule has 0 atom stereocenters. The maximum atomic E-state index is 14.5. The number of carbonyl (C=O) groups excluding carboxylic acids is 1. The van der Waals surface area contributed by atoms with E-state index in [0.29, 0.717) is 21.4 Å². The molecule has 31 heavy (non-hydrogen) atoms. The summed E-state index contributed by atoms with van der Waals surface area (Å²) in [6, 6.07) is 7.86. The zero-order valence-corrected chi connectivity index (χ0v) is 17.8. The van der Waals surface area contributed by atoms with Gasteiger partial charge < -0.3 is 9.30 Å². The highest BCUT2D eigenvalue weighted by Crippen LogP contribution is 2.29. The number of halogens is 2. The number of fused-ring (bicyclic) bond motifs is 2. The molecule has 0 radical (unpaired) electrons. The normalized spacial score (nSPS) is 12.2. The lowest BCUT2D eigenvalue weighted by Gasteiger charge is -2.06. The Morgan fingerprint density at radius 3 is 2.74 bits per heavy atom. The lowest BCUT2D eigenvalue weighted by Crippen LogP contribution is -2.20. The van der Waals surface area contributed by atoms with Crippen LogP contribution in [0.2, 0.25) is 0 Å². The summed E-state index contributed by atoms with van der Waals surface area (Å²) in [5.74, 6) is -2.03. The SMILES string of the molecule is CCOCCn1c(=NC(=O)c2cc3cc([N+](=O)[O-])ccc3s2)sc2cc(F)cc(F)c21. The number of amides is 1. The topological polar surface area (TPSA) is 86.7 Å². The number of nitro benzene ring substituents is 1. The zero-order chi connectivity index (χ0) is 22.1. The molecule has 0 bridgehead atoms. The minimum atomic E-state index is -0.745. The smallest absolute Gasteiger partial charge is 0.289 e. The molecule has 0 saturated carbocycles. The van der Waals surface area contributed by atoms with E-state index in [-0.39, 0.29) is 34.0 Å². The summed E-state index contributed by atoms with van der Waals surface area (Å²) in [5.41, 5.74) is 0.0848. The number of thiazole rings is 1. The predicted molar refractivity (Wildman–Crippen MR) is 115 cm³/mol. The van der Waals surface area contributed by atoms with Gasteiger partial charge in [-0.05, 0) is 25.1 Å². The Morgan fingerprint density at radius 1 is 1.19 bits per heavy atom. The average molecular weight is 463 g/mol. The number of hydrogen-bond acceptors (Lipinski definition) is 6. The van der Waals surface area contributed by atoms with Crippen LogP contribution in [0.25, 0.3) is 20.3 Å². The first-order valence-corrected chi connectivity index (χ1v) is 10.8. The van der Waals surface area contributed by atoms with Crippen molar-refractivity contribution in [3.05, 3.63) is 67.8 Å². The Bertz CT molecular complexity index is 1390. The van der Waals surface area contributed by atoms with Gasteiger partial charge in [0, 0.05) is 41.4 Å². The molecule has 0 unspecified atom stereocenters. The van der Waals surface area contributed by atoms with Gasteiger partial charge >= 0.3 is 0 Å². The number of aromatic nitrogens is 1. The first kappa shape index (κ1) is 21.2. The van der Waals surface area contributed by atoms with Gasteiger partial charge in [0.2, 0.25) is 0 Å². The third kappa shape index (κ3) is 4.24. The highest BCUT2D eigenvalue weighted by Gasteiger charge is 2.16. The number of nitrogens with zero attached hydrogens (tertiary/aromatic N) is 3. The molecule has 0 saturated heterocycles. The average Bonchev–Trinajstić information content (AvgIpc) is 3.29. The van der Waals surface area contributed by atoms with Gasteiger partial charge in [0.15, 0.2) is 10.6 Å². The number of carbonyl (C=O) groups is 1. The number of thiophene rings is 1. The number of nitro groups is 1. The summed E-state index contributed by atoms with van der Waals surface area (Å²) < 4.78 is 36.0. The molecule has 0 aliphatic carbocycles. The second-order valence-corrected chi connectivity index (χ2v) is 8.57. The maximum Gasteiger partial charge on any atom is 0.289 e. The highest BCUT2D eigenvalue weighted by atomic mass is 32.1. The summed E-state index contributed by atoms with van der Waals surface area (Å²) in [5, 5.41) is 11.5. The summed E-state index contributed by atoms with van der Waals surface area (Å²) in [6.45, 7) is 2.81. The molecule has 4 aromatic rings. The third-order valence-corrected chi connectivity index (χ3v) is 6.61. The van der Waals surface area contributed by atoms with Gasteiger partial charge in [0.05, 0.1) is 26.6 Å². The Hall–Kier alpha value is -3.02. The molecule has 2 heterocycles. The largest absolute Gasteiger partial charge is 0.380 e. The Labute approximate surface area is 182 Å². The van der Waals surface area contributed by atoms with Crippen molar-refractivity contribution in [3.63, 3.8) is 0 Å². The summed E-state index contributed by atoms with van der Waals surface area (Å²) in [7, 11) is 0. The first-order valence-electron chi connectivity index (χ1n) is 9.20. The third-order valence-electron chi connectivity index (χ3n) is 4.48. The quantitative estimate of drug-likeness (QED) is 0.232. The Morgan fingerprint density at radius 2 is 2.00 bits per heavy atom. The molecule has 11 heteroatoms. The van der Waals surface area contributed by atoms with Crippen molar-refractivity contribution in [2.24, 2.45) is 4.99 Å². The van der Waals surface area contributed by atoms with Crippen molar-refractivity contribution in [1.82, 2.24) is 4.57 Å². The molecule has 2 aromatic heterocycles. The maximum absolute atomic E-state index is 14.5. The van der Waals surface area contributed by atoms with Crippen LogP contribution in [0.4, 0.5) is 14.5 Å². The minimum Gasteiger partial charge on any atom is -0.380 e. The summed E-state index contributed by atoms with van der Waals surface area (Å²) in [4.78, 5) is 27.9. The van der Waals surface area contributed by atoms with Crippen LogP contribution < -0.4 is 4.80 Å². The van der Waals surface area contributed by atoms with Crippen LogP contribution in [0.15, 0.2) is 41.4 Å².